The first-order valence-corrected chi connectivity index (χ1v) is 5.43. The number of hydrogen-bond acceptors (Lipinski definition) is 4. The maximum atomic E-state index is 10.5. The molecular formula is C10H14ClN3O2. The number of carboxylic acid groups (broad SMARTS) is 1. The zero-order chi connectivity index (χ0) is 12.0. The molecule has 0 aliphatic rings. The molecule has 0 aliphatic heterocycles. The van der Waals surface area contributed by atoms with Gasteiger partial charge < -0.3 is 10.4 Å². The predicted molar refractivity (Wildman–Crippen MR) is 61.6 cm³/mol. The van der Waals surface area contributed by atoms with E-state index in [-0.39, 0.29) is 5.92 Å². The smallest absolute Gasteiger partial charge is 0.306 e. The van der Waals surface area contributed by atoms with Gasteiger partial charge in [0.25, 0.3) is 0 Å². The van der Waals surface area contributed by atoms with Crippen molar-refractivity contribution in [3.05, 3.63) is 17.3 Å². The summed E-state index contributed by atoms with van der Waals surface area (Å²) in [5.41, 5.74) is 0. The molecule has 0 bridgehead atoms. The Morgan fingerprint density at radius 2 is 2.31 bits per heavy atom. The number of nitrogens with one attached hydrogen (secondary N) is 1. The number of carboxylic acids is 1. The summed E-state index contributed by atoms with van der Waals surface area (Å²) in [6.45, 7) is 2.37. The molecule has 1 aromatic rings. The molecule has 0 fully saturated rings. The van der Waals surface area contributed by atoms with E-state index in [4.69, 9.17) is 16.7 Å². The number of aliphatic carboxylic acids is 1. The number of nitrogens with zero attached hydrogens (tertiary/aromatic N) is 2. The molecule has 1 aromatic heterocycles. The minimum atomic E-state index is -0.758. The highest BCUT2D eigenvalue weighted by Crippen LogP contribution is 2.08. The summed E-state index contributed by atoms with van der Waals surface area (Å²) in [6, 6.07) is 3.38. The van der Waals surface area contributed by atoms with Crippen molar-refractivity contribution in [1.82, 2.24) is 10.2 Å². The number of hydrogen-bond donors (Lipinski definition) is 2. The Hall–Kier alpha value is -1.36. The van der Waals surface area contributed by atoms with Crippen molar-refractivity contribution < 1.29 is 9.90 Å². The van der Waals surface area contributed by atoms with Crippen LogP contribution in [0.1, 0.15) is 19.8 Å². The van der Waals surface area contributed by atoms with Crippen LogP contribution in [0, 0.1) is 5.92 Å². The number of rotatable bonds is 6. The molecule has 0 aliphatic carbocycles. The Bertz CT molecular complexity index is 342. The average Bonchev–Trinajstić information content (AvgIpc) is 2.26. The van der Waals surface area contributed by atoms with E-state index in [1.165, 1.54) is 0 Å². The van der Waals surface area contributed by atoms with Gasteiger partial charge in [-0.15, -0.1) is 10.2 Å². The molecule has 88 valence electrons. The van der Waals surface area contributed by atoms with Gasteiger partial charge in [0.1, 0.15) is 5.82 Å². The monoisotopic (exact) mass is 243 g/mol. The number of halogens is 1. The van der Waals surface area contributed by atoms with E-state index < -0.39 is 5.97 Å². The van der Waals surface area contributed by atoms with E-state index in [1.807, 2.05) is 0 Å². The van der Waals surface area contributed by atoms with E-state index in [0.29, 0.717) is 23.9 Å². The second kappa shape index (κ2) is 6.27. The second-order valence-corrected chi connectivity index (χ2v) is 3.94. The molecule has 0 amide bonds. The molecule has 1 atom stereocenters. The maximum absolute atomic E-state index is 10.5. The van der Waals surface area contributed by atoms with Gasteiger partial charge >= 0.3 is 5.97 Å². The first kappa shape index (κ1) is 12.7. The quantitative estimate of drug-likeness (QED) is 0.748. The first-order chi connectivity index (χ1) is 7.59. The third-order valence-electron chi connectivity index (χ3n) is 2.17. The molecule has 6 heteroatoms. The molecule has 0 aromatic carbocycles. The Balaban J connectivity index is 2.21. The van der Waals surface area contributed by atoms with E-state index in [2.05, 4.69) is 15.5 Å². The van der Waals surface area contributed by atoms with E-state index >= 15 is 0 Å². The van der Waals surface area contributed by atoms with Crippen molar-refractivity contribution in [2.24, 2.45) is 5.92 Å². The van der Waals surface area contributed by atoms with Crippen LogP contribution in [0.15, 0.2) is 12.1 Å². The average molecular weight is 244 g/mol. The lowest BCUT2D eigenvalue weighted by Gasteiger charge is -2.07. The second-order valence-electron chi connectivity index (χ2n) is 3.55. The van der Waals surface area contributed by atoms with Gasteiger partial charge in [0, 0.05) is 6.54 Å². The maximum Gasteiger partial charge on any atom is 0.306 e. The molecule has 0 saturated heterocycles. The van der Waals surface area contributed by atoms with Gasteiger partial charge in [-0.1, -0.05) is 18.5 Å². The lowest BCUT2D eigenvalue weighted by atomic mass is 10.1. The van der Waals surface area contributed by atoms with Gasteiger partial charge in [-0.05, 0) is 25.0 Å². The van der Waals surface area contributed by atoms with Crippen molar-refractivity contribution in [3.8, 4) is 0 Å². The molecule has 16 heavy (non-hydrogen) atoms. The summed E-state index contributed by atoms with van der Waals surface area (Å²) in [5.74, 6) is -0.420. The molecule has 5 nitrogen and oxygen atoms in total. The molecule has 1 unspecified atom stereocenters. The number of carbonyl (C=O) groups is 1. The van der Waals surface area contributed by atoms with E-state index in [9.17, 15) is 4.79 Å². The fourth-order valence-corrected chi connectivity index (χ4v) is 1.26. The molecule has 2 N–H and O–H groups in total. The molecule has 0 saturated carbocycles. The summed E-state index contributed by atoms with van der Waals surface area (Å²) >= 11 is 5.58. The Labute approximate surface area is 98.8 Å². The molecular weight excluding hydrogens is 230 g/mol. The van der Waals surface area contributed by atoms with E-state index in [1.54, 1.807) is 19.1 Å². The summed E-state index contributed by atoms with van der Waals surface area (Å²) < 4.78 is 0. The zero-order valence-corrected chi connectivity index (χ0v) is 9.74. The largest absolute Gasteiger partial charge is 0.481 e. The van der Waals surface area contributed by atoms with Crippen molar-refractivity contribution >= 4 is 23.4 Å². The minimum Gasteiger partial charge on any atom is -0.481 e. The molecule has 1 rings (SSSR count). The summed E-state index contributed by atoms with van der Waals surface area (Å²) in [6.07, 6.45) is 1.42. The van der Waals surface area contributed by atoms with Gasteiger partial charge in [-0.25, -0.2) is 0 Å². The van der Waals surface area contributed by atoms with Crippen LogP contribution in [0.25, 0.3) is 0 Å². The number of aromatic nitrogens is 2. The van der Waals surface area contributed by atoms with Crippen LogP contribution in [0.5, 0.6) is 0 Å². The fourth-order valence-electron chi connectivity index (χ4n) is 1.16. The Morgan fingerprint density at radius 1 is 1.56 bits per heavy atom. The predicted octanol–water partition coefficient (Wildman–Crippen LogP) is 2.04. The van der Waals surface area contributed by atoms with Gasteiger partial charge in [-0.2, -0.15) is 0 Å². The van der Waals surface area contributed by atoms with Crippen LogP contribution >= 0.6 is 11.6 Å². The lowest BCUT2D eigenvalue weighted by Crippen LogP contribution is -2.12. The van der Waals surface area contributed by atoms with Crippen LogP contribution in [-0.2, 0) is 4.79 Å². The normalized spacial score (nSPS) is 12.1. The third-order valence-corrected chi connectivity index (χ3v) is 2.38. The number of anilines is 1. The summed E-state index contributed by atoms with van der Waals surface area (Å²) in [5, 5.41) is 19.6. The molecule has 1 heterocycles. The SMILES string of the molecule is CC(CCCNc1ccc(Cl)nn1)C(=O)O. The van der Waals surface area contributed by atoms with Gasteiger partial charge in [0.05, 0.1) is 5.92 Å². The van der Waals surface area contributed by atoms with Crippen LogP contribution < -0.4 is 5.32 Å². The Morgan fingerprint density at radius 3 is 2.88 bits per heavy atom. The van der Waals surface area contributed by atoms with Gasteiger partial charge in [0.2, 0.25) is 0 Å². The standard InChI is InChI=1S/C10H14ClN3O2/c1-7(10(15)16)3-2-6-12-9-5-4-8(11)13-14-9/h4-5,7H,2-3,6H2,1H3,(H,12,14)(H,15,16). The van der Waals surface area contributed by atoms with Crippen molar-refractivity contribution in [2.45, 2.75) is 19.8 Å². The highest BCUT2D eigenvalue weighted by atomic mass is 35.5. The lowest BCUT2D eigenvalue weighted by molar-refractivity contribution is -0.141. The van der Waals surface area contributed by atoms with Gasteiger partial charge in [0.15, 0.2) is 5.15 Å². The third kappa shape index (κ3) is 4.44. The fraction of sp³-hybridized carbons (Fsp3) is 0.500. The first-order valence-electron chi connectivity index (χ1n) is 5.05. The van der Waals surface area contributed by atoms with Crippen molar-refractivity contribution in [2.75, 3.05) is 11.9 Å². The highest BCUT2D eigenvalue weighted by molar-refractivity contribution is 6.29. The Kier molecular flexibility index (Phi) is 4.98. The van der Waals surface area contributed by atoms with Crippen molar-refractivity contribution in [3.63, 3.8) is 0 Å². The molecule has 0 spiro atoms. The van der Waals surface area contributed by atoms with Crippen LogP contribution in [0.2, 0.25) is 5.15 Å². The van der Waals surface area contributed by atoms with Gasteiger partial charge in [-0.3, -0.25) is 4.79 Å². The molecule has 0 radical (unpaired) electrons. The zero-order valence-electron chi connectivity index (χ0n) is 8.98. The van der Waals surface area contributed by atoms with Crippen LogP contribution in [0.4, 0.5) is 5.82 Å². The van der Waals surface area contributed by atoms with Crippen LogP contribution in [-0.4, -0.2) is 27.8 Å². The minimum absolute atomic E-state index is 0.307. The summed E-state index contributed by atoms with van der Waals surface area (Å²) in [4.78, 5) is 10.5. The van der Waals surface area contributed by atoms with Crippen LogP contribution in [0.3, 0.4) is 0 Å². The summed E-state index contributed by atoms with van der Waals surface area (Å²) in [7, 11) is 0. The van der Waals surface area contributed by atoms with Crippen molar-refractivity contribution in [1.29, 1.82) is 0 Å². The highest BCUT2D eigenvalue weighted by Gasteiger charge is 2.09. The van der Waals surface area contributed by atoms with E-state index in [0.717, 1.165) is 6.42 Å². The topological polar surface area (TPSA) is 75.1 Å².